The highest BCUT2D eigenvalue weighted by molar-refractivity contribution is 8.05. The lowest BCUT2D eigenvalue weighted by Gasteiger charge is -2.14. The topological polar surface area (TPSA) is 96.9 Å². The molecule has 0 aromatic heterocycles. The van der Waals surface area contributed by atoms with Crippen molar-refractivity contribution in [1.82, 2.24) is 5.32 Å². The Bertz CT molecular complexity index is 1290. The number of aryl methyl sites for hydroxylation is 1. The van der Waals surface area contributed by atoms with Gasteiger partial charge in [-0.2, -0.15) is 0 Å². The lowest BCUT2D eigenvalue weighted by Crippen LogP contribution is -2.30. The average Bonchev–Trinajstić information content (AvgIpc) is 3.21. The van der Waals surface area contributed by atoms with Crippen molar-refractivity contribution in [3.05, 3.63) is 92.8 Å². The Morgan fingerprint density at radius 2 is 1.83 bits per heavy atom. The molecule has 3 aromatic rings. The molecule has 0 spiro atoms. The smallest absolute Gasteiger partial charge is 0.335 e. The van der Waals surface area contributed by atoms with Gasteiger partial charge in [-0.25, -0.2) is 4.79 Å². The Hall–Kier alpha value is -3.62. The Morgan fingerprint density at radius 3 is 2.47 bits per heavy atom. The molecule has 36 heavy (non-hydrogen) atoms. The predicted octanol–water partition coefficient (Wildman–Crippen LogP) is 5.79. The van der Waals surface area contributed by atoms with E-state index >= 15 is 0 Å². The van der Waals surface area contributed by atoms with Crippen molar-refractivity contribution < 1.29 is 24.2 Å². The normalized spacial score (nSPS) is 16.0. The number of carboxylic acid groups (broad SMARTS) is 1. The molecule has 0 aliphatic carbocycles. The van der Waals surface area contributed by atoms with Crippen LogP contribution in [0.3, 0.4) is 0 Å². The first-order valence-electron chi connectivity index (χ1n) is 11.2. The van der Waals surface area contributed by atoms with Crippen molar-refractivity contribution in [3.8, 4) is 11.5 Å². The van der Waals surface area contributed by atoms with Gasteiger partial charge in [0.25, 0.3) is 5.91 Å². The summed E-state index contributed by atoms with van der Waals surface area (Å²) in [6, 6.07) is 18.0. The Labute approximate surface area is 218 Å². The number of amides is 1. The van der Waals surface area contributed by atoms with Crippen molar-refractivity contribution >= 4 is 47.0 Å². The molecule has 3 aromatic carbocycles. The van der Waals surface area contributed by atoms with Crippen molar-refractivity contribution in [1.29, 1.82) is 0 Å². The number of rotatable bonds is 9. The van der Waals surface area contributed by atoms with Gasteiger partial charge < -0.3 is 25.2 Å². The van der Waals surface area contributed by atoms with E-state index in [-0.39, 0.29) is 23.6 Å². The van der Waals surface area contributed by atoms with Crippen LogP contribution in [0, 0.1) is 0 Å². The fraction of sp³-hybridized carbons (Fsp3) is 0.185. The van der Waals surface area contributed by atoms with Gasteiger partial charge in [0.05, 0.1) is 22.6 Å². The number of anilines is 1. The van der Waals surface area contributed by atoms with Crippen molar-refractivity contribution in [2.24, 2.45) is 0 Å². The SMILES string of the molecule is CCc1ccc(N[C@H]2NC(=O)/C(=C/c3cc(Cl)c(OCc4ccc(C(=O)O)cc4)c(OC)c3)S2)cc1. The number of benzene rings is 3. The maximum Gasteiger partial charge on any atom is 0.335 e. The summed E-state index contributed by atoms with van der Waals surface area (Å²) in [7, 11) is 1.51. The van der Waals surface area contributed by atoms with Crippen LogP contribution in [-0.2, 0) is 17.8 Å². The van der Waals surface area contributed by atoms with Crippen LogP contribution in [0.2, 0.25) is 5.02 Å². The molecule has 0 saturated carbocycles. The van der Waals surface area contributed by atoms with E-state index in [0.717, 1.165) is 17.7 Å². The number of aromatic carboxylic acids is 1. The number of halogens is 1. The van der Waals surface area contributed by atoms with Crippen LogP contribution in [0.1, 0.15) is 34.0 Å². The van der Waals surface area contributed by atoms with Crippen LogP contribution in [0.15, 0.2) is 65.6 Å². The number of carbonyl (C=O) groups is 2. The standard InChI is InChI=1S/C27H25ClN2O5S/c1-3-16-6-10-20(11-7-16)29-27-30-25(31)23(36-27)14-18-12-21(28)24(22(13-18)34-2)35-15-17-4-8-19(9-5-17)26(32)33/h4-14,27,29H,3,15H2,1-2H3,(H,30,31)(H,32,33)/b23-14-/t27-/m0/s1. The lowest BCUT2D eigenvalue weighted by molar-refractivity contribution is -0.116. The summed E-state index contributed by atoms with van der Waals surface area (Å²) in [6.45, 7) is 2.29. The van der Waals surface area contributed by atoms with E-state index in [1.54, 1.807) is 30.3 Å². The van der Waals surface area contributed by atoms with Gasteiger partial charge in [-0.05, 0) is 65.6 Å². The maximum atomic E-state index is 12.5. The molecular formula is C27H25ClN2O5S. The molecule has 0 bridgehead atoms. The number of ether oxygens (including phenoxy) is 2. The second kappa shape index (κ2) is 11.4. The fourth-order valence-electron chi connectivity index (χ4n) is 3.57. The summed E-state index contributed by atoms with van der Waals surface area (Å²) in [5.74, 6) is -0.380. The number of carbonyl (C=O) groups excluding carboxylic acids is 1. The molecule has 9 heteroatoms. The quantitative estimate of drug-likeness (QED) is 0.305. The molecule has 7 nitrogen and oxygen atoms in total. The molecule has 1 atom stereocenters. The van der Waals surface area contributed by atoms with Crippen LogP contribution in [0.5, 0.6) is 11.5 Å². The maximum absolute atomic E-state index is 12.5. The molecule has 1 amide bonds. The van der Waals surface area contributed by atoms with Gasteiger partial charge in [-0.3, -0.25) is 4.79 Å². The molecule has 0 unspecified atom stereocenters. The van der Waals surface area contributed by atoms with Gasteiger partial charge in [0.1, 0.15) is 6.61 Å². The van der Waals surface area contributed by atoms with E-state index in [1.807, 2.05) is 12.1 Å². The molecular weight excluding hydrogens is 500 g/mol. The van der Waals surface area contributed by atoms with Gasteiger partial charge in [0, 0.05) is 5.69 Å². The molecule has 4 rings (SSSR count). The molecule has 0 radical (unpaired) electrons. The number of hydrogen-bond donors (Lipinski definition) is 3. The van der Waals surface area contributed by atoms with Gasteiger partial charge in [-0.1, -0.05) is 54.6 Å². The third-order valence-electron chi connectivity index (χ3n) is 5.52. The van der Waals surface area contributed by atoms with Crippen LogP contribution >= 0.6 is 23.4 Å². The summed E-state index contributed by atoms with van der Waals surface area (Å²) in [4.78, 5) is 24.1. The number of thioether (sulfide) groups is 1. The highest BCUT2D eigenvalue weighted by atomic mass is 35.5. The first-order valence-corrected chi connectivity index (χ1v) is 12.5. The molecule has 1 fully saturated rings. The number of hydrogen-bond acceptors (Lipinski definition) is 6. The van der Waals surface area contributed by atoms with Crippen LogP contribution in [0.25, 0.3) is 6.08 Å². The first-order chi connectivity index (χ1) is 17.4. The van der Waals surface area contributed by atoms with E-state index in [9.17, 15) is 9.59 Å². The van der Waals surface area contributed by atoms with Crippen LogP contribution < -0.4 is 20.1 Å². The highest BCUT2D eigenvalue weighted by Crippen LogP contribution is 2.39. The summed E-state index contributed by atoms with van der Waals surface area (Å²) >= 11 is 7.88. The molecule has 186 valence electrons. The minimum atomic E-state index is -0.987. The fourth-order valence-corrected chi connectivity index (χ4v) is 4.83. The lowest BCUT2D eigenvalue weighted by atomic mass is 10.1. The van der Waals surface area contributed by atoms with E-state index in [0.29, 0.717) is 27.0 Å². The summed E-state index contributed by atoms with van der Waals surface area (Å²) in [5.41, 5.74) is 3.57. The van der Waals surface area contributed by atoms with Gasteiger partial charge in [-0.15, -0.1) is 0 Å². The van der Waals surface area contributed by atoms with E-state index in [2.05, 4.69) is 29.7 Å². The largest absolute Gasteiger partial charge is 0.493 e. The minimum absolute atomic E-state index is 0.178. The predicted molar refractivity (Wildman–Crippen MR) is 143 cm³/mol. The second-order valence-corrected chi connectivity index (χ2v) is 9.55. The number of nitrogens with one attached hydrogen (secondary N) is 2. The summed E-state index contributed by atoms with van der Waals surface area (Å²) in [6.07, 6.45) is 2.72. The second-order valence-electron chi connectivity index (χ2n) is 8.00. The van der Waals surface area contributed by atoms with E-state index in [4.69, 9.17) is 26.2 Å². The third kappa shape index (κ3) is 6.13. The molecule has 3 N–H and O–H groups in total. The third-order valence-corrected chi connectivity index (χ3v) is 6.83. The van der Waals surface area contributed by atoms with Gasteiger partial charge in [0.2, 0.25) is 0 Å². The zero-order chi connectivity index (χ0) is 25.7. The van der Waals surface area contributed by atoms with Crippen LogP contribution in [-0.4, -0.2) is 29.6 Å². The Morgan fingerprint density at radius 1 is 1.14 bits per heavy atom. The Balaban J connectivity index is 1.45. The Kier molecular flexibility index (Phi) is 8.07. The van der Waals surface area contributed by atoms with Crippen molar-refractivity contribution in [3.63, 3.8) is 0 Å². The first kappa shape index (κ1) is 25.5. The zero-order valence-corrected chi connectivity index (χ0v) is 21.3. The highest BCUT2D eigenvalue weighted by Gasteiger charge is 2.27. The summed E-state index contributed by atoms with van der Waals surface area (Å²) < 4.78 is 11.4. The van der Waals surface area contributed by atoms with Crippen molar-refractivity contribution in [2.75, 3.05) is 12.4 Å². The monoisotopic (exact) mass is 524 g/mol. The molecule has 1 heterocycles. The molecule has 1 aliphatic rings. The summed E-state index contributed by atoms with van der Waals surface area (Å²) in [5, 5.41) is 15.6. The van der Waals surface area contributed by atoms with Gasteiger partial charge in [0.15, 0.2) is 17.0 Å². The van der Waals surface area contributed by atoms with E-state index in [1.165, 1.54) is 36.6 Å². The van der Waals surface area contributed by atoms with E-state index < -0.39 is 5.97 Å². The zero-order valence-electron chi connectivity index (χ0n) is 19.7. The molecule has 1 saturated heterocycles. The number of methoxy groups -OCH3 is 1. The molecule has 1 aliphatic heterocycles. The van der Waals surface area contributed by atoms with Crippen LogP contribution in [0.4, 0.5) is 5.69 Å². The average molecular weight is 525 g/mol. The van der Waals surface area contributed by atoms with Crippen molar-refractivity contribution in [2.45, 2.75) is 25.4 Å². The minimum Gasteiger partial charge on any atom is -0.493 e. The van der Waals surface area contributed by atoms with Gasteiger partial charge >= 0.3 is 5.97 Å². The number of carboxylic acids is 1.